The van der Waals surface area contributed by atoms with Crippen molar-refractivity contribution < 1.29 is 0 Å². The normalized spacial score (nSPS) is 25.4. The van der Waals surface area contributed by atoms with Gasteiger partial charge in [0.2, 0.25) is 0 Å². The smallest absolute Gasteiger partial charge is 0.0534 e. The molecule has 1 saturated carbocycles. The standard InChI is InChI=1S/C13H24N4/c1-16(9-12-7-15-17(2)10-12)8-11-3-5-13(14)6-4-11/h7,10-11,13H,3-6,8-9,14H2,1-2H3. The minimum absolute atomic E-state index is 0.454. The summed E-state index contributed by atoms with van der Waals surface area (Å²) < 4.78 is 1.86. The Labute approximate surface area is 104 Å². The lowest BCUT2D eigenvalue weighted by Crippen LogP contribution is -2.32. The average Bonchev–Trinajstić information content (AvgIpc) is 2.67. The Morgan fingerprint density at radius 2 is 2.12 bits per heavy atom. The fourth-order valence-electron chi connectivity index (χ4n) is 2.74. The second-order valence-corrected chi connectivity index (χ2v) is 5.50. The van der Waals surface area contributed by atoms with Crippen molar-refractivity contribution >= 4 is 0 Å². The lowest BCUT2D eigenvalue weighted by Gasteiger charge is -2.29. The Kier molecular flexibility index (Phi) is 4.18. The molecule has 17 heavy (non-hydrogen) atoms. The molecule has 0 spiro atoms. The molecule has 0 unspecified atom stereocenters. The molecule has 1 fully saturated rings. The average molecular weight is 236 g/mol. The first-order valence-electron chi connectivity index (χ1n) is 6.55. The Morgan fingerprint density at radius 3 is 2.71 bits per heavy atom. The van der Waals surface area contributed by atoms with Gasteiger partial charge in [-0.1, -0.05) is 0 Å². The van der Waals surface area contributed by atoms with E-state index in [1.165, 1.54) is 37.8 Å². The van der Waals surface area contributed by atoms with Gasteiger partial charge in [0.1, 0.15) is 0 Å². The van der Waals surface area contributed by atoms with Crippen molar-refractivity contribution in [1.82, 2.24) is 14.7 Å². The molecule has 0 aromatic carbocycles. The first-order chi connectivity index (χ1) is 8.13. The molecule has 1 aliphatic carbocycles. The van der Waals surface area contributed by atoms with Crippen molar-refractivity contribution in [3.8, 4) is 0 Å². The van der Waals surface area contributed by atoms with E-state index in [2.05, 4.69) is 23.2 Å². The highest BCUT2D eigenvalue weighted by atomic mass is 15.2. The van der Waals surface area contributed by atoms with Gasteiger partial charge >= 0.3 is 0 Å². The van der Waals surface area contributed by atoms with Crippen molar-refractivity contribution in [1.29, 1.82) is 0 Å². The first kappa shape index (κ1) is 12.6. The number of hydrogen-bond acceptors (Lipinski definition) is 3. The van der Waals surface area contributed by atoms with E-state index in [-0.39, 0.29) is 0 Å². The molecule has 4 heteroatoms. The summed E-state index contributed by atoms with van der Waals surface area (Å²) in [6, 6.07) is 0.454. The van der Waals surface area contributed by atoms with E-state index in [4.69, 9.17) is 5.73 Å². The molecule has 0 amide bonds. The summed E-state index contributed by atoms with van der Waals surface area (Å²) in [4.78, 5) is 2.40. The molecule has 2 rings (SSSR count). The Hall–Kier alpha value is -0.870. The van der Waals surface area contributed by atoms with Gasteiger partial charge in [0, 0.05) is 37.9 Å². The number of nitrogens with zero attached hydrogens (tertiary/aromatic N) is 3. The molecule has 4 nitrogen and oxygen atoms in total. The lowest BCUT2D eigenvalue weighted by molar-refractivity contribution is 0.219. The van der Waals surface area contributed by atoms with E-state index in [0.29, 0.717) is 6.04 Å². The third-order valence-corrected chi connectivity index (χ3v) is 3.67. The van der Waals surface area contributed by atoms with Crippen molar-refractivity contribution in [3.05, 3.63) is 18.0 Å². The molecule has 2 N–H and O–H groups in total. The van der Waals surface area contributed by atoms with E-state index >= 15 is 0 Å². The fourth-order valence-corrected chi connectivity index (χ4v) is 2.74. The van der Waals surface area contributed by atoms with E-state index in [1.807, 2.05) is 17.9 Å². The van der Waals surface area contributed by atoms with Crippen LogP contribution in [0.1, 0.15) is 31.2 Å². The van der Waals surface area contributed by atoms with Crippen molar-refractivity contribution in [2.24, 2.45) is 18.7 Å². The first-order valence-corrected chi connectivity index (χ1v) is 6.55. The third-order valence-electron chi connectivity index (χ3n) is 3.67. The summed E-state index contributed by atoms with van der Waals surface area (Å²) >= 11 is 0. The van der Waals surface area contributed by atoms with Crippen molar-refractivity contribution in [2.75, 3.05) is 13.6 Å². The minimum Gasteiger partial charge on any atom is -0.328 e. The van der Waals surface area contributed by atoms with Crippen LogP contribution in [0.4, 0.5) is 0 Å². The number of nitrogens with two attached hydrogens (primary N) is 1. The zero-order valence-corrected chi connectivity index (χ0v) is 11.0. The van der Waals surface area contributed by atoms with Crippen LogP contribution in [0.2, 0.25) is 0 Å². The second kappa shape index (κ2) is 5.65. The molecule has 1 aromatic rings. The van der Waals surface area contributed by atoms with Crippen LogP contribution in [0.15, 0.2) is 12.4 Å². The molecule has 1 aliphatic rings. The summed E-state index contributed by atoms with van der Waals surface area (Å²) in [5, 5.41) is 4.20. The van der Waals surface area contributed by atoms with Gasteiger partial charge in [-0.05, 0) is 38.6 Å². The van der Waals surface area contributed by atoms with Gasteiger partial charge in [-0.25, -0.2) is 0 Å². The Bertz CT molecular complexity index is 339. The molecule has 0 aliphatic heterocycles. The van der Waals surface area contributed by atoms with Gasteiger partial charge in [-0.15, -0.1) is 0 Å². The van der Waals surface area contributed by atoms with E-state index < -0.39 is 0 Å². The van der Waals surface area contributed by atoms with Crippen LogP contribution in [0, 0.1) is 5.92 Å². The van der Waals surface area contributed by atoms with Crippen LogP contribution >= 0.6 is 0 Å². The maximum atomic E-state index is 5.93. The second-order valence-electron chi connectivity index (χ2n) is 5.50. The summed E-state index contributed by atoms with van der Waals surface area (Å²) in [5.41, 5.74) is 7.22. The summed E-state index contributed by atoms with van der Waals surface area (Å²) in [6.07, 6.45) is 9.02. The van der Waals surface area contributed by atoms with E-state index in [1.54, 1.807) is 0 Å². The quantitative estimate of drug-likeness (QED) is 0.859. The van der Waals surface area contributed by atoms with Crippen molar-refractivity contribution in [3.63, 3.8) is 0 Å². The summed E-state index contributed by atoms with van der Waals surface area (Å²) in [6.45, 7) is 2.18. The predicted molar refractivity (Wildman–Crippen MR) is 69.5 cm³/mol. The third kappa shape index (κ3) is 3.82. The van der Waals surface area contributed by atoms with Gasteiger partial charge in [0.05, 0.1) is 6.20 Å². The highest BCUT2D eigenvalue weighted by Crippen LogP contribution is 2.24. The fraction of sp³-hybridized carbons (Fsp3) is 0.769. The summed E-state index contributed by atoms with van der Waals surface area (Å²) in [5.74, 6) is 0.830. The highest BCUT2D eigenvalue weighted by Gasteiger charge is 2.19. The van der Waals surface area contributed by atoms with Gasteiger partial charge in [-0.2, -0.15) is 5.10 Å². The van der Waals surface area contributed by atoms with Gasteiger partial charge in [0.15, 0.2) is 0 Å². The van der Waals surface area contributed by atoms with E-state index in [9.17, 15) is 0 Å². The number of aromatic nitrogens is 2. The van der Waals surface area contributed by atoms with Gasteiger partial charge in [-0.3, -0.25) is 4.68 Å². The van der Waals surface area contributed by atoms with Crippen LogP contribution < -0.4 is 5.73 Å². The Balaban J connectivity index is 1.75. The lowest BCUT2D eigenvalue weighted by atomic mass is 9.86. The molecule has 96 valence electrons. The SMILES string of the molecule is CN(Cc1cnn(C)c1)CC1CCC(N)CC1. The summed E-state index contributed by atoms with van der Waals surface area (Å²) in [7, 11) is 4.16. The molecule has 0 saturated heterocycles. The molecular formula is C13H24N4. The molecule has 0 bridgehead atoms. The van der Waals surface area contributed by atoms with Gasteiger partial charge < -0.3 is 10.6 Å². The number of hydrogen-bond donors (Lipinski definition) is 1. The van der Waals surface area contributed by atoms with Crippen LogP contribution in [0.3, 0.4) is 0 Å². The largest absolute Gasteiger partial charge is 0.328 e. The van der Waals surface area contributed by atoms with Crippen LogP contribution in [-0.4, -0.2) is 34.3 Å². The van der Waals surface area contributed by atoms with Crippen molar-refractivity contribution in [2.45, 2.75) is 38.3 Å². The molecule has 1 aromatic heterocycles. The molecule has 1 heterocycles. The van der Waals surface area contributed by atoms with Gasteiger partial charge in [0.25, 0.3) is 0 Å². The van der Waals surface area contributed by atoms with Crippen LogP contribution in [0.25, 0.3) is 0 Å². The minimum atomic E-state index is 0.454. The van der Waals surface area contributed by atoms with Crippen LogP contribution in [-0.2, 0) is 13.6 Å². The zero-order chi connectivity index (χ0) is 12.3. The zero-order valence-electron chi connectivity index (χ0n) is 11.0. The topological polar surface area (TPSA) is 47.1 Å². The maximum Gasteiger partial charge on any atom is 0.0534 e. The van der Waals surface area contributed by atoms with E-state index in [0.717, 1.165) is 12.5 Å². The molecule has 0 atom stereocenters. The number of rotatable bonds is 4. The number of aryl methyl sites for hydroxylation is 1. The maximum absolute atomic E-state index is 5.93. The van der Waals surface area contributed by atoms with Crippen LogP contribution in [0.5, 0.6) is 0 Å². The molecular weight excluding hydrogens is 212 g/mol. The highest BCUT2D eigenvalue weighted by molar-refractivity contribution is 5.03. The predicted octanol–water partition coefficient (Wildman–Crippen LogP) is 1.37. The Morgan fingerprint density at radius 1 is 1.41 bits per heavy atom. The monoisotopic (exact) mass is 236 g/mol. The molecule has 0 radical (unpaired) electrons.